The molecule has 0 aliphatic heterocycles. The fourth-order valence-electron chi connectivity index (χ4n) is 2.17. The minimum atomic E-state index is -0.943. The van der Waals surface area contributed by atoms with Crippen LogP contribution in [-0.4, -0.2) is 27.8 Å². The summed E-state index contributed by atoms with van der Waals surface area (Å²) in [6, 6.07) is 5.07. The number of nitrogens with zero attached hydrogens (tertiary/aromatic N) is 1. The van der Waals surface area contributed by atoms with Crippen molar-refractivity contribution in [2.45, 2.75) is 39.0 Å². The van der Waals surface area contributed by atoms with Crippen LogP contribution in [0.15, 0.2) is 24.3 Å². The normalized spacial score (nSPS) is 11.4. The smallest absolute Gasteiger partial charge is 0.306 e. The van der Waals surface area contributed by atoms with E-state index in [2.05, 4.69) is 10.9 Å². The van der Waals surface area contributed by atoms with Gasteiger partial charge in [0.2, 0.25) is 5.91 Å². The Hall–Kier alpha value is -2.97. The van der Waals surface area contributed by atoms with Crippen LogP contribution in [0.25, 0.3) is 0 Å². The summed E-state index contributed by atoms with van der Waals surface area (Å²) in [6.45, 7) is 1.95. The molecule has 0 radical (unpaired) electrons. The largest absolute Gasteiger partial charge is 0.481 e. The number of benzene rings is 1. The van der Waals surface area contributed by atoms with Gasteiger partial charge in [0.05, 0.1) is 10.8 Å². The predicted molar refractivity (Wildman–Crippen MR) is 88.6 cm³/mol. The topological polar surface area (TPSA) is 139 Å². The second-order valence-electron chi connectivity index (χ2n) is 5.53. The molecule has 136 valence electrons. The Bertz CT molecular complexity index is 647. The Labute approximate surface area is 144 Å². The molecular formula is C16H21N3O6. The maximum Gasteiger partial charge on any atom is 0.306 e. The van der Waals surface area contributed by atoms with Crippen LogP contribution in [0, 0.1) is 16.0 Å². The fraction of sp³-hybridized carbons (Fsp3) is 0.438. The summed E-state index contributed by atoms with van der Waals surface area (Å²) >= 11 is 0. The lowest BCUT2D eigenvalue weighted by Crippen LogP contribution is -2.41. The summed E-state index contributed by atoms with van der Waals surface area (Å²) in [5.74, 6) is -2.76. The Morgan fingerprint density at radius 2 is 1.96 bits per heavy atom. The van der Waals surface area contributed by atoms with E-state index < -0.39 is 28.6 Å². The number of carbonyl (C=O) groups excluding carboxylic acids is 2. The van der Waals surface area contributed by atoms with E-state index in [0.29, 0.717) is 6.42 Å². The monoisotopic (exact) mass is 351 g/mol. The second-order valence-corrected chi connectivity index (χ2v) is 5.53. The van der Waals surface area contributed by atoms with Crippen molar-refractivity contribution in [3.05, 3.63) is 39.9 Å². The molecule has 1 atom stereocenters. The molecule has 25 heavy (non-hydrogen) atoms. The average molecular weight is 351 g/mol. The van der Waals surface area contributed by atoms with Crippen LogP contribution in [0.3, 0.4) is 0 Å². The number of aliphatic carboxylic acids is 1. The lowest BCUT2D eigenvalue weighted by molar-refractivity contribution is -0.384. The van der Waals surface area contributed by atoms with Gasteiger partial charge in [-0.1, -0.05) is 25.8 Å². The minimum Gasteiger partial charge on any atom is -0.481 e. The highest BCUT2D eigenvalue weighted by atomic mass is 16.6. The third-order valence-electron chi connectivity index (χ3n) is 3.61. The summed E-state index contributed by atoms with van der Waals surface area (Å²) in [7, 11) is 0. The zero-order valence-electron chi connectivity index (χ0n) is 13.9. The summed E-state index contributed by atoms with van der Waals surface area (Å²) in [5.41, 5.74) is 4.12. The number of nitro groups is 1. The summed E-state index contributed by atoms with van der Waals surface area (Å²) in [6.07, 6.45) is 2.26. The van der Waals surface area contributed by atoms with Crippen molar-refractivity contribution in [1.82, 2.24) is 10.9 Å². The number of carboxylic acids is 1. The van der Waals surface area contributed by atoms with E-state index in [-0.39, 0.29) is 24.1 Å². The molecule has 0 unspecified atom stereocenters. The number of unbranched alkanes of at least 4 members (excludes halogenated alkanes) is 1. The Morgan fingerprint density at radius 3 is 2.56 bits per heavy atom. The van der Waals surface area contributed by atoms with Crippen molar-refractivity contribution in [2.75, 3.05) is 0 Å². The van der Waals surface area contributed by atoms with Gasteiger partial charge in [-0.2, -0.15) is 0 Å². The lowest BCUT2D eigenvalue weighted by atomic mass is 9.97. The fourth-order valence-corrected chi connectivity index (χ4v) is 2.17. The molecule has 0 aromatic heterocycles. The van der Waals surface area contributed by atoms with Gasteiger partial charge in [-0.15, -0.1) is 0 Å². The van der Waals surface area contributed by atoms with Gasteiger partial charge in [-0.05, 0) is 18.9 Å². The van der Waals surface area contributed by atoms with Gasteiger partial charge in [0, 0.05) is 24.1 Å². The average Bonchev–Trinajstić information content (AvgIpc) is 2.59. The van der Waals surface area contributed by atoms with Gasteiger partial charge in [-0.25, -0.2) is 0 Å². The highest BCUT2D eigenvalue weighted by Gasteiger charge is 2.18. The molecule has 0 bridgehead atoms. The van der Waals surface area contributed by atoms with Gasteiger partial charge >= 0.3 is 5.97 Å². The highest BCUT2D eigenvalue weighted by molar-refractivity contribution is 5.95. The van der Waals surface area contributed by atoms with Gasteiger partial charge < -0.3 is 5.11 Å². The summed E-state index contributed by atoms with van der Waals surface area (Å²) in [5, 5.41) is 19.8. The number of carboxylic acid groups (broad SMARTS) is 1. The quantitative estimate of drug-likeness (QED) is 0.459. The van der Waals surface area contributed by atoms with Crippen molar-refractivity contribution in [3.63, 3.8) is 0 Å². The molecule has 0 spiro atoms. The van der Waals surface area contributed by atoms with Crippen LogP contribution in [0.5, 0.6) is 0 Å². The van der Waals surface area contributed by atoms with E-state index in [1.165, 1.54) is 18.2 Å². The molecule has 0 fully saturated rings. The molecule has 3 N–H and O–H groups in total. The van der Waals surface area contributed by atoms with E-state index in [4.69, 9.17) is 5.11 Å². The zero-order valence-corrected chi connectivity index (χ0v) is 13.9. The van der Waals surface area contributed by atoms with E-state index in [0.717, 1.165) is 18.9 Å². The first-order valence-electron chi connectivity index (χ1n) is 7.91. The highest BCUT2D eigenvalue weighted by Crippen LogP contribution is 2.15. The molecule has 9 heteroatoms. The molecule has 1 rings (SSSR count). The number of nitro benzene ring substituents is 1. The van der Waals surface area contributed by atoms with E-state index in [1.54, 1.807) is 0 Å². The van der Waals surface area contributed by atoms with Crippen molar-refractivity contribution in [1.29, 1.82) is 0 Å². The Kier molecular flexibility index (Phi) is 8.04. The molecule has 0 heterocycles. The number of rotatable bonds is 9. The van der Waals surface area contributed by atoms with Gasteiger partial charge in [0.1, 0.15) is 0 Å². The van der Waals surface area contributed by atoms with Crippen molar-refractivity contribution < 1.29 is 24.4 Å². The van der Waals surface area contributed by atoms with E-state index in [1.807, 2.05) is 6.92 Å². The lowest BCUT2D eigenvalue weighted by Gasteiger charge is -2.12. The minimum absolute atomic E-state index is 0.0286. The molecule has 0 aliphatic carbocycles. The van der Waals surface area contributed by atoms with Crippen molar-refractivity contribution >= 4 is 23.5 Å². The number of non-ortho nitro benzene ring substituents is 1. The number of carbonyl (C=O) groups is 3. The standard InChI is InChI=1S/C16H21N3O6/c1-2-3-5-11(16(22)23)8-9-14(20)17-18-15(21)12-6-4-7-13(10-12)19(24)25/h4,6-7,10-11H,2-3,5,8-9H2,1H3,(H,17,20)(H,18,21)(H,22,23)/t11-/m1/s1. The molecular weight excluding hydrogens is 330 g/mol. The third-order valence-corrected chi connectivity index (χ3v) is 3.61. The molecule has 9 nitrogen and oxygen atoms in total. The molecule has 0 saturated carbocycles. The Balaban J connectivity index is 2.47. The molecule has 0 aliphatic rings. The number of nitrogens with one attached hydrogen (secondary N) is 2. The van der Waals surface area contributed by atoms with E-state index in [9.17, 15) is 24.5 Å². The third kappa shape index (κ3) is 6.98. The predicted octanol–water partition coefficient (Wildman–Crippen LogP) is 2.03. The number of hydrogen-bond acceptors (Lipinski definition) is 5. The first kappa shape index (κ1) is 20.1. The van der Waals surface area contributed by atoms with E-state index >= 15 is 0 Å². The van der Waals surface area contributed by atoms with Crippen LogP contribution in [-0.2, 0) is 9.59 Å². The number of amides is 2. The number of hydrazine groups is 1. The zero-order chi connectivity index (χ0) is 18.8. The molecule has 1 aromatic carbocycles. The molecule has 0 saturated heterocycles. The van der Waals surface area contributed by atoms with Crippen LogP contribution in [0.1, 0.15) is 49.4 Å². The van der Waals surface area contributed by atoms with Crippen molar-refractivity contribution in [3.8, 4) is 0 Å². The Morgan fingerprint density at radius 1 is 1.24 bits per heavy atom. The maximum atomic E-state index is 11.9. The second kappa shape index (κ2) is 10.0. The van der Waals surface area contributed by atoms with Gasteiger partial charge in [0.25, 0.3) is 11.6 Å². The van der Waals surface area contributed by atoms with Crippen LogP contribution in [0.2, 0.25) is 0 Å². The molecule has 1 aromatic rings. The number of hydrogen-bond donors (Lipinski definition) is 3. The SMILES string of the molecule is CCCC[C@H](CCC(=O)NNC(=O)c1cccc([N+](=O)[O-])c1)C(=O)O. The van der Waals surface area contributed by atoms with Crippen molar-refractivity contribution in [2.24, 2.45) is 5.92 Å². The maximum absolute atomic E-state index is 11.9. The summed E-state index contributed by atoms with van der Waals surface area (Å²) < 4.78 is 0. The molecule has 2 amide bonds. The van der Waals surface area contributed by atoms with Crippen LogP contribution < -0.4 is 10.9 Å². The first-order valence-corrected chi connectivity index (χ1v) is 7.91. The van der Waals surface area contributed by atoms with Crippen LogP contribution >= 0.6 is 0 Å². The van der Waals surface area contributed by atoms with Crippen LogP contribution in [0.4, 0.5) is 5.69 Å². The van der Waals surface area contributed by atoms with Gasteiger partial charge in [0.15, 0.2) is 0 Å². The summed E-state index contributed by atoms with van der Waals surface area (Å²) in [4.78, 5) is 44.7. The first-order chi connectivity index (χ1) is 11.8. The van der Waals surface area contributed by atoms with Gasteiger partial charge in [-0.3, -0.25) is 35.3 Å².